The van der Waals surface area contributed by atoms with Gasteiger partial charge in [-0.3, -0.25) is 4.79 Å². The van der Waals surface area contributed by atoms with Crippen LogP contribution in [0.5, 0.6) is 5.75 Å². The Bertz CT molecular complexity index is 1020. The van der Waals surface area contributed by atoms with E-state index in [1.807, 2.05) is 56.3 Å². The number of benzene rings is 2. The summed E-state index contributed by atoms with van der Waals surface area (Å²) in [6, 6.07) is 13.3. The molecule has 0 saturated heterocycles. The third-order valence-corrected chi connectivity index (χ3v) is 5.18. The van der Waals surface area contributed by atoms with E-state index in [2.05, 4.69) is 47.0 Å². The molecule has 0 radical (unpaired) electrons. The highest BCUT2D eigenvalue weighted by Crippen LogP contribution is 2.21. The lowest BCUT2D eigenvalue weighted by molar-refractivity contribution is -0.113. The second kappa shape index (κ2) is 10.8. The van der Waals surface area contributed by atoms with Crippen LogP contribution >= 0.6 is 27.7 Å². The fraction of sp³-hybridized carbons (Fsp3) is 0.200. The van der Waals surface area contributed by atoms with Crippen LogP contribution in [0.2, 0.25) is 0 Å². The summed E-state index contributed by atoms with van der Waals surface area (Å²) in [5.74, 6) is 1.28. The molecule has 1 amide bonds. The zero-order chi connectivity index (χ0) is 21.3. The first kappa shape index (κ1) is 21.8. The molecule has 3 N–H and O–H groups in total. The normalized spacial score (nSPS) is 10.9. The molecular weight excluding hydrogens is 468 g/mol. The van der Waals surface area contributed by atoms with Crippen molar-refractivity contribution in [3.8, 4) is 5.75 Å². The Hall–Kier alpha value is -2.85. The van der Waals surface area contributed by atoms with Crippen molar-refractivity contribution in [3.05, 3.63) is 58.1 Å². The van der Waals surface area contributed by atoms with E-state index in [9.17, 15) is 4.79 Å². The van der Waals surface area contributed by atoms with Gasteiger partial charge in [-0.2, -0.15) is 10.1 Å². The number of hydrazone groups is 1. The number of carbonyl (C=O) groups excluding carboxylic acids is 1. The van der Waals surface area contributed by atoms with Crippen LogP contribution in [-0.4, -0.2) is 39.7 Å². The summed E-state index contributed by atoms with van der Waals surface area (Å²) in [6.45, 7) is 4.51. The maximum Gasteiger partial charge on any atom is 0.240 e. The Morgan fingerprint density at radius 3 is 2.83 bits per heavy atom. The van der Waals surface area contributed by atoms with E-state index in [1.54, 1.807) is 6.21 Å². The number of halogens is 1. The van der Waals surface area contributed by atoms with E-state index in [-0.39, 0.29) is 11.7 Å². The van der Waals surface area contributed by atoms with Crippen molar-refractivity contribution in [1.29, 1.82) is 0 Å². The maximum absolute atomic E-state index is 12.2. The van der Waals surface area contributed by atoms with Gasteiger partial charge in [0.05, 0.1) is 18.6 Å². The minimum absolute atomic E-state index is 0.127. The molecule has 0 saturated carbocycles. The van der Waals surface area contributed by atoms with Gasteiger partial charge in [0.25, 0.3) is 0 Å². The van der Waals surface area contributed by atoms with Gasteiger partial charge in [0.15, 0.2) is 0 Å². The van der Waals surface area contributed by atoms with Crippen LogP contribution in [0.1, 0.15) is 18.1 Å². The lowest BCUT2D eigenvalue weighted by atomic mass is 10.2. The van der Waals surface area contributed by atoms with Crippen molar-refractivity contribution in [1.82, 2.24) is 15.2 Å². The zero-order valence-electron chi connectivity index (χ0n) is 16.5. The number of hydrogen-bond donors (Lipinski definition) is 3. The Labute approximate surface area is 187 Å². The molecule has 0 aliphatic carbocycles. The number of nitrogens with one attached hydrogen (secondary N) is 3. The zero-order valence-corrected chi connectivity index (χ0v) is 18.9. The van der Waals surface area contributed by atoms with Gasteiger partial charge >= 0.3 is 0 Å². The average Bonchev–Trinajstić information content (AvgIpc) is 3.18. The molecule has 0 fully saturated rings. The first-order valence-corrected chi connectivity index (χ1v) is 10.9. The van der Waals surface area contributed by atoms with E-state index in [0.29, 0.717) is 17.7 Å². The molecule has 8 nitrogen and oxygen atoms in total. The molecular formula is C20H21BrN6O2S. The van der Waals surface area contributed by atoms with Gasteiger partial charge in [-0.05, 0) is 67.4 Å². The summed E-state index contributed by atoms with van der Waals surface area (Å²) in [4.78, 5) is 16.4. The van der Waals surface area contributed by atoms with Crippen molar-refractivity contribution in [2.24, 2.45) is 5.10 Å². The molecule has 3 aromatic rings. The summed E-state index contributed by atoms with van der Waals surface area (Å²) in [6.07, 6.45) is 1.67. The molecule has 0 aliphatic heterocycles. The number of anilines is 2. The van der Waals surface area contributed by atoms with Crippen molar-refractivity contribution in [2.45, 2.75) is 19.0 Å². The van der Waals surface area contributed by atoms with Crippen molar-refractivity contribution >= 4 is 51.4 Å². The third kappa shape index (κ3) is 6.60. The van der Waals surface area contributed by atoms with Crippen molar-refractivity contribution in [2.75, 3.05) is 23.1 Å². The molecule has 0 spiro atoms. The van der Waals surface area contributed by atoms with Crippen LogP contribution in [-0.2, 0) is 4.79 Å². The average molecular weight is 489 g/mol. The Kier molecular flexibility index (Phi) is 7.86. The van der Waals surface area contributed by atoms with Crippen LogP contribution in [0, 0.1) is 6.92 Å². The summed E-state index contributed by atoms with van der Waals surface area (Å²) >= 11 is 4.64. The number of ether oxygens (including phenoxy) is 1. The molecule has 1 heterocycles. The second-order valence-corrected chi connectivity index (χ2v) is 7.99. The van der Waals surface area contributed by atoms with Crippen LogP contribution in [0.4, 0.5) is 11.6 Å². The molecule has 0 aliphatic rings. The molecule has 1 aromatic heterocycles. The number of thioether (sulfide) groups is 1. The Morgan fingerprint density at radius 2 is 2.10 bits per heavy atom. The van der Waals surface area contributed by atoms with Gasteiger partial charge < -0.3 is 10.1 Å². The number of amides is 1. The largest absolute Gasteiger partial charge is 0.494 e. The van der Waals surface area contributed by atoms with E-state index >= 15 is 0 Å². The number of hydrogen-bond acceptors (Lipinski definition) is 7. The molecule has 10 heteroatoms. The number of aryl methyl sites for hydroxylation is 1. The summed E-state index contributed by atoms with van der Waals surface area (Å²) in [7, 11) is 0. The number of rotatable bonds is 9. The molecule has 30 heavy (non-hydrogen) atoms. The predicted octanol–water partition coefficient (Wildman–Crippen LogP) is 4.45. The van der Waals surface area contributed by atoms with Crippen LogP contribution in [0.15, 0.2) is 57.2 Å². The lowest BCUT2D eigenvalue weighted by Gasteiger charge is -2.07. The van der Waals surface area contributed by atoms with Crippen molar-refractivity contribution in [3.63, 3.8) is 0 Å². The highest BCUT2D eigenvalue weighted by Gasteiger charge is 2.09. The minimum atomic E-state index is -0.127. The molecule has 156 valence electrons. The second-order valence-electron chi connectivity index (χ2n) is 6.13. The fourth-order valence-corrected chi connectivity index (χ4v) is 3.50. The summed E-state index contributed by atoms with van der Waals surface area (Å²) in [5.41, 5.74) is 5.47. The maximum atomic E-state index is 12.2. The number of carbonyl (C=O) groups is 1. The molecule has 0 unspecified atom stereocenters. The molecule has 2 aromatic carbocycles. The van der Waals surface area contributed by atoms with E-state index in [4.69, 9.17) is 4.74 Å². The number of nitrogens with zero attached hydrogens (tertiary/aromatic N) is 3. The van der Waals surface area contributed by atoms with E-state index in [0.717, 1.165) is 27.0 Å². The fourth-order valence-electron chi connectivity index (χ4n) is 2.43. The summed E-state index contributed by atoms with van der Waals surface area (Å²) in [5, 5.41) is 14.3. The monoisotopic (exact) mass is 488 g/mol. The smallest absolute Gasteiger partial charge is 0.240 e. The lowest BCUT2D eigenvalue weighted by Crippen LogP contribution is -2.14. The summed E-state index contributed by atoms with van der Waals surface area (Å²) < 4.78 is 6.38. The minimum Gasteiger partial charge on any atom is -0.494 e. The first-order chi connectivity index (χ1) is 14.5. The highest BCUT2D eigenvalue weighted by atomic mass is 79.9. The van der Waals surface area contributed by atoms with E-state index < -0.39 is 0 Å². The first-order valence-electron chi connectivity index (χ1n) is 9.16. The van der Waals surface area contributed by atoms with Gasteiger partial charge in [-0.1, -0.05) is 27.7 Å². The van der Waals surface area contributed by atoms with Crippen LogP contribution in [0.25, 0.3) is 0 Å². The Morgan fingerprint density at radius 1 is 1.30 bits per heavy atom. The molecule has 0 atom stereocenters. The Balaban J connectivity index is 1.45. The van der Waals surface area contributed by atoms with E-state index in [1.165, 1.54) is 11.8 Å². The predicted molar refractivity (Wildman–Crippen MR) is 123 cm³/mol. The van der Waals surface area contributed by atoms with Gasteiger partial charge in [0.1, 0.15) is 5.75 Å². The van der Waals surface area contributed by atoms with Crippen LogP contribution < -0.4 is 15.5 Å². The number of H-pyrrole nitrogens is 1. The molecule has 0 bridgehead atoms. The standard InChI is InChI=1S/C20H21BrN6O2S/c1-3-29-16-7-4-14(5-8-16)11-22-25-19-24-20(27-26-19)30-12-18(28)23-17-9-6-15(21)10-13(17)2/h4-11H,3,12H2,1-2H3,(H,23,28)(H2,24,25,26,27)/b22-11+. The van der Waals surface area contributed by atoms with Gasteiger partial charge in [-0.25, -0.2) is 10.5 Å². The van der Waals surface area contributed by atoms with Crippen LogP contribution in [0.3, 0.4) is 0 Å². The number of aromatic amines is 1. The molecule has 3 rings (SSSR count). The SMILES string of the molecule is CCOc1ccc(/C=N/Nc2nc(SCC(=O)Nc3ccc(Br)cc3C)n[nH]2)cc1. The van der Waals surface area contributed by atoms with Gasteiger partial charge in [0, 0.05) is 10.2 Å². The van der Waals surface area contributed by atoms with Gasteiger partial charge in [0.2, 0.25) is 17.0 Å². The third-order valence-electron chi connectivity index (χ3n) is 3.83. The quantitative estimate of drug-likeness (QED) is 0.233. The van der Waals surface area contributed by atoms with Crippen molar-refractivity contribution < 1.29 is 9.53 Å². The topological polar surface area (TPSA) is 104 Å². The number of aromatic nitrogens is 3. The van der Waals surface area contributed by atoms with Gasteiger partial charge in [-0.15, -0.1) is 5.10 Å². The highest BCUT2D eigenvalue weighted by molar-refractivity contribution is 9.10.